The molecule has 0 unspecified atom stereocenters. The summed E-state index contributed by atoms with van der Waals surface area (Å²) in [5, 5.41) is 13.0. The molecule has 0 N–H and O–H groups in total. The lowest BCUT2D eigenvalue weighted by Crippen LogP contribution is -2.05. The Hall–Kier alpha value is -7.09. The standard InChI is InChI=1S/C47H30N4/c48-31-40-44(34-21-9-3-10-22-34)49-47(50-45(40)35-23-11-4-12-24-35)39-30-29-36(32-17-5-1-6-18-32)46(43(39)33-19-7-2-8-20-33)51-41-27-15-13-25-37(41)38-26-14-16-28-42(38)51/h1-30H. The van der Waals surface area contributed by atoms with E-state index in [1.807, 2.05) is 66.7 Å². The molecule has 2 heterocycles. The highest BCUT2D eigenvalue weighted by molar-refractivity contribution is 6.11. The number of para-hydroxylation sites is 2. The van der Waals surface area contributed by atoms with Gasteiger partial charge in [-0.2, -0.15) is 5.26 Å². The number of nitrogens with zero attached hydrogens (tertiary/aromatic N) is 4. The van der Waals surface area contributed by atoms with E-state index in [9.17, 15) is 5.26 Å². The highest BCUT2D eigenvalue weighted by atomic mass is 15.0. The van der Waals surface area contributed by atoms with Crippen molar-refractivity contribution in [3.8, 4) is 67.9 Å². The first-order valence-electron chi connectivity index (χ1n) is 17.0. The fourth-order valence-electron chi connectivity index (χ4n) is 7.22. The molecule has 4 heteroatoms. The Balaban J connectivity index is 1.46. The Morgan fingerprint density at radius 3 is 1.31 bits per heavy atom. The second-order valence-electron chi connectivity index (χ2n) is 12.4. The first-order valence-corrected chi connectivity index (χ1v) is 17.0. The average molecular weight is 651 g/mol. The Labute approximate surface area is 296 Å². The van der Waals surface area contributed by atoms with E-state index in [-0.39, 0.29) is 0 Å². The Morgan fingerprint density at radius 2 is 0.824 bits per heavy atom. The number of benzene rings is 7. The van der Waals surface area contributed by atoms with Crippen LogP contribution in [0.1, 0.15) is 5.56 Å². The molecule has 0 amide bonds. The van der Waals surface area contributed by atoms with Gasteiger partial charge in [-0.3, -0.25) is 0 Å². The zero-order valence-corrected chi connectivity index (χ0v) is 27.6. The van der Waals surface area contributed by atoms with Gasteiger partial charge in [0.1, 0.15) is 11.6 Å². The van der Waals surface area contributed by atoms with Crippen LogP contribution in [0.25, 0.3) is 83.6 Å². The minimum atomic E-state index is 0.445. The maximum atomic E-state index is 10.6. The van der Waals surface area contributed by atoms with Crippen molar-refractivity contribution >= 4 is 21.8 Å². The summed E-state index contributed by atoms with van der Waals surface area (Å²) in [6.07, 6.45) is 0. The molecule has 9 rings (SSSR count). The summed E-state index contributed by atoms with van der Waals surface area (Å²) in [7, 11) is 0. The quantitative estimate of drug-likeness (QED) is 0.180. The highest BCUT2D eigenvalue weighted by Crippen LogP contribution is 2.46. The first kappa shape index (κ1) is 30.0. The molecule has 0 atom stereocenters. The number of aromatic nitrogens is 3. The third-order valence-corrected chi connectivity index (χ3v) is 9.49. The van der Waals surface area contributed by atoms with Crippen LogP contribution < -0.4 is 0 Å². The molecule has 4 nitrogen and oxygen atoms in total. The van der Waals surface area contributed by atoms with Crippen molar-refractivity contribution in [3.63, 3.8) is 0 Å². The molecule has 2 aromatic heterocycles. The smallest absolute Gasteiger partial charge is 0.161 e. The predicted molar refractivity (Wildman–Crippen MR) is 208 cm³/mol. The lowest BCUT2D eigenvalue weighted by atomic mass is 9.90. The number of hydrogen-bond donors (Lipinski definition) is 0. The molecule has 0 aliphatic carbocycles. The summed E-state index contributed by atoms with van der Waals surface area (Å²) in [5.41, 5.74) is 11.7. The molecule has 9 aromatic rings. The molecular weight excluding hydrogens is 621 g/mol. The molecule has 0 bridgehead atoms. The van der Waals surface area contributed by atoms with Gasteiger partial charge in [0, 0.05) is 38.6 Å². The van der Waals surface area contributed by atoms with Gasteiger partial charge in [-0.05, 0) is 29.3 Å². The zero-order valence-electron chi connectivity index (χ0n) is 27.6. The summed E-state index contributed by atoms with van der Waals surface area (Å²) in [6, 6.07) is 65.0. The van der Waals surface area contributed by atoms with Crippen LogP contribution in [0.15, 0.2) is 182 Å². The minimum absolute atomic E-state index is 0.445. The van der Waals surface area contributed by atoms with E-state index in [1.165, 1.54) is 10.8 Å². The van der Waals surface area contributed by atoms with Crippen molar-refractivity contribution in [3.05, 3.63) is 188 Å². The van der Waals surface area contributed by atoms with Gasteiger partial charge in [-0.1, -0.05) is 164 Å². The van der Waals surface area contributed by atoms with E-state index < -0.39 is 0 Å². The van der Waals surface area contributed by atoms with Crippen molar-refractivity contribution in [2.24, 2.45) is 0 Å². The number of nitriles is 1. The van der Waals surface area contributed by atoms with Gasteiger partial charge in [0.2, 0.25) is 0 Å². The van der Waals surface area contributed by atoms with Crippen molar-refractivity contribution < 1.29 is 0 Å². The van der Waals surface area contributed by atoms with Gasteiger partial charge in [0.05, 0.1) is 28.1 Å². The van der Waals surface area contributed by atoms with Crippen molar-refractivity contribution in [2.45, 2.75) is 0 Å². The molecule has 51 heavy (non-hydrogen) atoms. The van der Waals surface area contributed by atoms with Gasteiger partial charge in [-0.15, -0.1) is 0 Å². The predicted octanol–water partition coefficient (Wildman–Crippen LogP) is 11.8. The fraction of sp³-hybridized carbons (Fsp3) is 0. The first-order chi connectivity index (χ1) is 25.3. The third kappa shape index (κ3) is 5.17. The second-order valence-corrected chi connectivity index (χ2v) is 12.4. The van der Waals surface area contributed by atoms with Crippen molar-refractivity contribution in [1.82, 2.24) is 14.5 Å². The molecule has 0 aliphatic heterocycles. The third-order valence-electron chi connectivity index (χ3n) is 9.49. The molecule has 0 fully saturated rings. The van der Waals surface area contributed by atoms with Crippen molar-refractivity contribution in [2.75, 3.05) is 0 Å². The number of rotatable bonds is 6. The molecule has 0 radical (unpaired) electrons. The van der Waals surface area contributed by atoms with Crippen molar-refractivity contribution in [1.29, 1.82) is 5.26 Å². The van der Waals surface area contributed by atoms with Crippen LogP contribution in [0.3, 0.4) is 0 Å². The molecule has 0 saturated carbocycles. The molecule has 0 spiro atoms. The molecular formula is C47H30N4. The van der Waals surface area contributed by atoms with Gasteiger partial charge >= 0.3 is 0 Å². The summed E-state index contributed by atoms with van der Waals surface area (Å²) in [6.45, 7) is 0. The Morgan fingerprint density at radius 1 is 0.412 bits per heavy atom. The lowest BCUT2D eigenvalue weighted by Gasteiger charge is -2.22. The van der Waals surface area contributed by atoms with Crippen LogP contribution in [0.2, 0.25) is 0 Å². The molecule has 0 saturated heterocycles. The van der Waals surface area contributed by atoms with Gasteiger partial charge in [-0.25, -0.2) is 9.97 Å². The average Bonchev–Trinajstić information content (AvgIpc) is 3.55. The monoisotopic (exact) mass is 650 g/mol. The summed E-state index contributed by atoms with van der Waals surface area (Å²) in [4.78, 5) is 10.5. The van der Waals surface area contributed by atoms with Crippen LogP contribution in [-0.2, 0) is 0 Å². The van der Waals surface area contributed by atoms with Gasteiger partial charge in [0.25, 0.3) is 0 Å². The Kier molecular flexibility index (Phi) is 7.50. The van der Waals surface area contributed by atoms with E-state index in [0.29, 0.717) is 22.8 Å². The van der Waals surface area contributed by atoms with Gasteiger partial charge in [0.15, 0.2) is 5.82 Å². The highest BCUT2D eigenvalue weighted by Gasteiger charge is 2.26. The summed E-state index contributed by atoms with van der Waals surface area (Å²) >= 11 is 0. The van der Waals surface area contributed by atoms with Crippen LogP contribution >= 0.6 is 0 Å². The van der Waals surface area contributed by atoms with Crippen LogP contribution in [0.4, 0.5) is 0 Å². The maximum Gasteiger partial charge on any atom is 0.161 e. The Bertz CT molecular complexity index is 2610. The molecule has 238 valence electrons. The molecule has 7 aromatic carbocycles. The number of fused-ring (bicyclic) bond motifs is 3. The maximum absolute atomic E-state index is 10.6. The summed E-state index contributed by atoms with van der Waals surface area (Å²) in [5.74, 6) is 0.548. The fourth-order valence-corrected chi connectivity index (χ4v) is 7.22. The van der Waals surface area contributed by atoms with Crippen LogP contribution in [0.5, 0.6) is 0 Å². The van der Waals surface area contributed by atoms with E-state index in [1.54, 1.807) is 0 Å². The van der Waals surface area contributed by atoms with Crippen LogP contribution in [0, 0.1) is 11.3 Å². The lowest BCUT2D eigenvalue weighted by molar-refractivity contribution is 1.15. The topological polar surface area (TPSA) is 54.5 Å². The normalized spacial score (nSPS) is 11.1. The largest absolute Gasteiger partial charge is 0.308 e. The van der Waals surface area contributed by atoms with E-state index in [0.717, 1.165) is 55.7 Å². The molecule has 0 aliphatic rings. The van der Waals surface area contributed by atoms with E-state index in [4.69, 9.17) is 9.97 Å². The minimum Gasteiger partial charge on any atom is -0.308 e. The summed E-state index contributed by atoms with van der Waals surface area (Å²) < 4.78 is 2.40. The SMILES string of the molecule is N#Cc1c(-c2ccccc2)nc(-c2ccc(-c3ccccc3)c(-n3c4ccccc4c4ccccc43)c2-c2ccccc2)nc1-c1ccccc1. The van der Waals surface area contributed by atoms with Gasteiger partial charge < -0.3 is 4.57 Å². The van der Waals surface area contributed by atoms with Crippen LogP contribution in [-0.4, -0.2) is 14.5 Å². The second kappa shape index (κ2) is 12.7. The number of hydrogen-bond acceptors (Lipinski definition) is 3. The van der Waals surface area contributed by atoms with E-state index >= 15 is 0 Å². The van der Waals surface area contributed by atoms with E-state index in [2.05, 4.69) is 126 Å². The zero-order chi connectivity index (χ0) is 34.1.